The summed E-state index contributed by atoms with van der Waals surface area (Å²) in [4.78, 5) is 15.4. The van der Waals surface area contributed by atoms with E-state index in [0.29, 0.717) is 12.3 Å². The van der Waals surface area contributed by atoms with Gasteiger partial charge in [-0.3, -0.25) is 9.79 Å². The Kier molecular flexibility index (Phi) is 1.71. The summed E-state index contributed by atoms with van der Waals surface area (Å²) in [6.45, 7) is 1.95. The Labute approximate surface area is 71.6 Å². The van der Waals surface area contributed by atoms with Gasteiger partial charge in [-0.1, -0.05) is 6.08 Å². The number of carbonyl (C=O) groups is 1. The van der Waals surface area contributed by atoms with Gasteiger partial charge in [0.15, 0.2) is 0 Å². The van der Waals surface area contributed by atoms with E-state index in [4.69, 9.17) is 0 Å². The quantitative estimate of drug-likeness (QED) is 0.567. The Morgan fingerprint density at radius 3 is 3.33 bits per heavy atom. The highest BCUT2D eigenvalue weighted by molar-refractivity contribution is 5.94. The number of rotatable bonds is 0. The van der Waals surface area contributed by atoms with Crippen LogP contribution < -0.4 is 5.32 Å². The van der Waals surface area contributed by atoms with Gasteiger partial charge in [-0.2, -0.15) is 0 Å². The number of allylic oxidation sites excluding steroid dienone is 1. The molecule has 1 amide bonds. The van der Waals surface area contributed by atoms with Crippen molar-refractivity contribution in [1.29, 1.82) is 0 Å². The molecule has 0 radical (unpaired) electrons. The fraction of sp³-hybridized carbons (Fsp3) is 0.556. The smallest absolute Gasteiger partial charge is 0.221 e. The zero-order chi connectivity index (χ0) is 8.55. The number of aliphatic imine (C=N–C) groups is 1. The number of fused-ring (bicyclic) bond motifs is 1. The fourth-order valence-corrected chi connectivity index (χ4v) is 1.65. The van der Waals surface area contributed by atoms with Crippen molar-refractivity contribution >= 4 is 11.6 Å². The number of carbonyl (C=O) groups excluding carboxylic acids is 1. The molecule has 2 rings (SSSR count). The first kappa shape index (κ1) is 7.53. The van der Waals surface area contributed by atoms with Crippen LogP contribution in [0.4, 0.5) is 0 Å². The molecule has 3 nitrogen and oxygen atoms in total. The topological polar surface area (TPSA) is 41.5 Å². The normalized spacial score (nSPS) is 33.8. The van der Waals surface area contributed by atoms with Crippen molar-refractivity contribution in [2.45, 2.75) is 25.9 Å². The highest BCUT2D eigenvalue weighted by atomic mass is 16.1. The van der Waals surface area contributed by atoms with Crippen LogP contribution >= 0.6 is 0 Å². The summed E-state index contributed by atoms with van der Waals surface area (Å²) in [5.74, 6) is 0.550. The third kappa shape index (κ3) is 1.26. The molecule has 2 unspecified atom stereocenters. The van der Waals surface area contributed by atoms with E-state index in [0.717, 1.165) is 12.1 Å². The highest BCUT2D eigenvalue weighted by Crippen LogP contribution is 2.22. The van der Waals surface area contributed by atoms with Crippen LogP contribution in [-0.4, -0.2) is 17.8 Å². The Bertz CT molecular complexity index is 268. The van der Waals surface area contributed by atoms with Crippen molar-refractivity contribution in [2.75, 3.05) is 0 Å². The van der Waals surface area contributed by atoms with Crippen LogP contribution in [0.25, 0.3) is 0 Å². The largest absolute Gasteiger partial charge is 0.334 e. The number of hydrogen-bond acceptors (Lipinski definition) is 2. The van der Waals surface area contributed by atoms with Crippen molar-refractivity contribution in [3.63, 3.8) is 0 Å². The molecule has 12 heavy (non-hydrogen) atoms. The van der Waals surface area contributed by atoms with Crippen LogP contribution in [0.3, 0.4) is 0 Å². The van der Waals surface area contributed by atoms with Gasteiger partial charge in [0.25, 0.3) is 0 Å². The van der Waals surface area contributed by atoms with Crippen molar-refractivity contribution in [1.82, 2.24) is 5.32 Å². The van der Waals surface area contributed by atoms with Crippen LogP contribution in [0, 0.1) is 5.92 Å². The van der Waals surface area contributed by atoms with Gasteiger partial charge >= 0.3 is 0 Å². The Hall–Kier alpha value is -1.12. The lowest BCUT2D eigenvalue weighted by Crippen LogP contribution is -2.44. The minimum Gasteiger partial charge on any atom is -0.334 e. The molecule has 2 heterocycles. The van der Waals surface area contributed by atoms with Gasteiger partial charge < -0.3 is 5.32 Å². The predicted octanol–water partition coefficient (Wildman–Crippen LogP) is 0.869. The van der Waals surface area contributed by atoms with Gasteiger partial charge in [0.1, 0.15) is 6.17 Å². The lowest BCUT2D eigenvalue weighted by atomic mass is 9.93. The van der Waals surface area contributed by atoms with E-state index in [-0.39, 0.29) is 12.1 Å². The predicted molar refractivity (Wildman–Crippen MR) is 46.9 cm³/mol. The van der Waals surface area contributed by atoms with Crippen LogP contribution in [0.1, 0.15) is 19.8 Å². The average Bonchev–Trinajstić information content (AvgIpc) is 2.03. The molecule has 1 saturated heterocycles. The van der Waals surface area contributed by atoms with Crippen molar-refractivity contribution in [2.24, 2.45) is 10.9 Å². The lowest BCUT2D eigenvalue weighted by molar-refractivity contribution is -0.123. The zero-order valence-corrected chi connectivity index (χ0v) is 7.08. The number of piperidine rings is 1. The van der Waals surface area contributed by atoms with Gasteiger partial charge in [-0.05, 0) is 19.4 Å². The molecule has 1 N–H and O–H groups in total. The first-order chi connectivity index (χ1) is 5.75. The second-order valence-electron chi connectivity index (χ2n) is 3.34. The van der Waals surface area contributed by atoms with E-state index in [1.807, 2.05) is 13.0 Å². The average molecular weight is 164 g/mol. The number of dihydropyridines is 1. The van der Waals surface area contributed by atoms with Crippen molar-refractivity contribution in [3.8, 4) is 0 Å². The molecule has 0 aromatic carbocycles. The number of nitrogens with one attached hydrogen (secondary N) is 1. The van der Waals surface area contributed by atoms with Crippen LogP contribution in [0.15, 0.2) is 17.1 Å². The molecular weight excluding hydrogens is 152 g/mol. The first-order valence-corrected chi connectivity index (χ1v) is 4.28. The molecule has 0 aromatic heterocycles. The van der Waals surface area contributed by atoms with E-state index in [9.17, 15) is 4.79 Å². The number of amides is 1. The summed E-state index contributed by atoms with van der Waals surface area (Å²) in [7, 11) is 0. The van der Waals surface area contributed by atoms with Crippen molar-refractivity contribution < 1.29 is 4.79 Å². The van der Waals surface area contributed by atoms with Crippen LogP contribution in [0.2, 0.25) is 0 Å². The summed E-state index contributed by atoms with van der Waals surface area (Å²) in [6, 6.07) is 0. The third-order valence-electron chi connectivity index (χ3n) is 2.35. The van der Waals surface area contributed by atoms with Gasteiger partial charge in [0.2, 0.25) is 5.91 Å². The van der Waals surface area contributed by atoms with E-state index in [1.165, 1.54) is 0 Å². The second-order valence-corrected chi connectivity index (χ2v) is 3.34. The van der Waals surface area contributed by atoms with E-state index in [2.05, 4.69) is 16.4 Å². The third-order valence-corrected chi connectivity index (χ3v) is 2.35. The molecule has 1 fully saturated rings. The van der Waals surface area contributed by atoms with E-state index >= 15 is 0 Å². The maximum absolute atomic E-state index is 11.0. The van der Waals surface area contributed by atoms with Gasteiger partial charge in [-0.25, -0.2) is 0 Å². The Morgan fingerprint density at radius 2 is 2.50 bits per heavy atom. The van der Waals surface area contributed by atoms with Crippen LogP contribution in [-0.2, 0) is 4.79 Å². The monoisotopic (exact) mass is 164 g/mol. The summed E-state index contributed by atoms with van der Waals surface area (Å²) >= 11 is 0. The second kappa shape index (κ2) is 2.73. The minimum atomic E-state index is 0.0104. The Balaban J connectivity index is 2.16. The van der Waals surface area contributed by atoms with Gasteiger partial charge in [0.05, 0.1) is 0 Å². The summed E-state index contributed by atoms with van der Waals surface area (Å²) in [6.07, 6.45) is 5.76. The summed E-state index contributed by atoms with van der Waals surface area (Å²) < 4.78 is 0. The minimum absolute atomic E-state index is 0.0104. The van der Waals surface area contributed by atoms with Gasteiger partial charge in [-0.15, -0.1) is 0 Å². The molecule has 2 atom stereocenters. The summed E-state index contributed by atoms with van der Waals surface area (Å²) in [5, 5.41) is 2.87. The van der Waals surface area contributed by atoms with Crippen molar-refractivity contribution in [3.05, 3.63) is 12.2 Å². The molecule has 2 aliphatic heterocycles. The number of hydrogen-bond donors (Lipinski definition) is 1. The maximum Gasteiger partial charge on any atom is 0.221 e. The SMILES string of the molecule is CC1=NC2NC(=O)CCC2C=C1. The van der Waals surface area contributed by atoms with Gasteiger partial charge in [0, 0.05) is 18.1 Å². The molecule has 64 valence electrons. The molecule has 2 aliphatic rings. The Morgan fingerprint density at radius 1 is 1.67 bits per heavy atom. The number of nitrogens with zero attached hydrogens (tertiary/aromatic N) is 1. The summed E-state index contributed by atoms with van der Waals surface area (Å²) in [5.41, 5.74) is 0.999. The first-order valence-electron chi connectivity index (χ1n) is 4.28. The fourth-order valence-electron chi connectivity index (χ4n) is 1.65. The maximum atomic E-state index is 11.0. The molecule has 0 spiro atoms. The molecule has 0 saturated carbocycles. The molecular formula is C9H12N2O. The molecule has 0 bridgehead atoms. The van der Waals surface area contributed by atoms with E-state index in [1.54, 1.807) is 0 Å². The highest BCUT2D eigenvalue weighted by Gasteiger charge is 2.27. The lowest BCUT2D eigenvalue weighted by Gasteiger charge is -2.29. The standard InChI is InChI=1S/C9H12N2O/c1-6-2-3-7-4-5-8(12)11-9(7)10-6/h2-3,7,9H,4-5H2,1H3,(H,11,12). The molecule has 3 heteroatoms. The van der Waals surface area contributed by atoms with Crippen LogP contribution in [0.5, 0.6) is 0 Å². The molecule has 0 aromatic rings. The zero-order valence-electron chi connectivity index (χ0n) is 7.08. The van der Waals surface area contributed by atoms with E-state index < -0.39 is 0 Å². The molecule has 0 aliphatic carbocycles.